The second-order valence-corrected chi connectivity index (χ2v) is 5.61. The molecule has 0 spiro atoms. The van der Waals surface area contributed by atoms with E-state index in [4.69, 9.17) is 11.6 Å². The first-order valence-corrected chi connectivity index (χ1v) is 6.69. The molecule has 2 atom stereocenters. The standard InChI is InChI=1S/C13H20ClN3/c1-8-4-5-11(6-8)7-15-13-10(3)9(2)12(14)16-17-13/h8,11H,4-7H2,1-3H3,(H,15,17). The van der Waals surface area contributed by atoms with Crippen molar-refractivity contribution in [2.45, 2.75) is 40.0 Å². The normalized spacial score (nSPS) is 24.0. The summed E-state index contributed by atoms with van der Waals surface area (Å²) >= 11 is 5.93. The lowest BCUT2D eigenvalue weighted by Crippen LogP contribution is -2.14. The fourth-order valence-electron chi connectivity index (χ4n) is 2.50. The molecule has 1 aromatic heterocycles. The maximum Gasteiger partial charge on any atom is 0.155 e. The number of hydrogen-bond acceptors (Lipinski definition) is 3. The third kappa shape index (κ3) is 2.89. The van der Waals surface area contributed by atoms with E-state index >= 15 is 0 Å². The summed E-state index contributed by atoms with van der Waals surface area (Å²) in [6, 6.07) is 0. The van der Waals surface area contributed by atoms with Crippen molar-refractivity contribution < 1.29 is 0 Å². The van der Waals surface area contributed by atoms with Crippen LogP contribution in [0.15, 0.2) is 0 Å². The summed E-state index contributed by atoms with van der Waals surface area (Å²) in [5.41, 5.74) is 2.13. The summed E-state index contributed by atoms with van der Waals surface area (Å²) in [6.07, 6.45) is 4.01. The van der Waals surface area contributed by atoms with Crippen molar-refractivity contribution >= 4 is 17.4 Å². The van der Waals surface area contributed by atoms with Crippen LogP contribution in [0.3, 0.4) is 0 Å². The lowest BCUT2D eigenvalue weighted by Gasteiger charge is -2.14. The van der Waals surface area contributed by atoms with Gasteiger partial charge in [0, 0.05) is 6.54 Å². The van der Waals surface area contributed by atoms with E-state index in [0.717, 1.165) is 35.3 Å². The van der Waals surface area contributed by atoms with E-state index in [1.54, 1.807) is 0 Å². The van der Waals surface area contributed by atoms with Crippen molar-refractivity contribution in [2.75, 3.05) is 11.9 Å². The molecule has 1 N–H and O–H groups in total. The Labute approximate surface area is 108 Å². The largest absolute Gasteiger partial charge is 0.368 e. The van der Waals surface area contributed by atoms with Gasteiger partial charge in [-0.15, -0.1) is 10.2 Å². The Morgan fingerprint density at radius 2 is 2.00 bits per heavy atom. The molecule has 0 amide bonds. The number of anilines is 1. The van der Waals surface area contributed by atoms with Crippen molar-refractivity contribution in [2.24, 2.45) is 11.8 Å². The van der Waals surface area contributed by atoms with E-state index in [9.17, 15) is 0 Å². The minimum absolute atomic E-state index is 0.502. The second-order valence-electron chi connectivity index (χ2n) is 5.25. The number of nitrogens with zero attached hydrogens (tertiary/aromatic N) is 2. The number of nitrogens with one attached hydrogen (secondary N) is 1. The summed E-state index contributed by atoms with van der Waals surface area (Å²) < 4.78 is 0. The first-order chi connectivity index (χ1) is 8.08. The van der Waals surface area contributed by atoms with Crippen molar-refractivity contribution in [1.29, 1.82) is 0 Å². The van der Waals surface area contributed by atoms with Gasteiger partial charge in [0.05, 0.1) is 0 Å². The van der Waals surface area contributed by atoms with E-state index < -0.39 is 0 Å². The Morgan fingerprint density at radius 1 is 1.24 bits per heavy atom. The van der Waals surface area contributed by atoms with Crippen LogP contribution >= 0.6 is 11.6 Å². The molecule has 1 fully saturated rings. The van der Waals surface area contributed by atoms with Gasteiger partial charge in [0.2, 0.25) is 0 Å². The molecule has 17 heavy (non-hydrogen) atoms. The summed E-state index contributed by atoms with van der Waals surface area (Å²) in [6.45, 7) is 7.35. The number of rotatable bonds is 3. The maximum absolute atomic E-state index is 5.93. The molecule has 0 aromatic carbocycles. The molecule has 1 saturated carbocycles. The predicted octanol–water partition coefficient (Wildman–Crippen LogP) is 3.59. The van der Waals surface area contributed by atoms with E-state index in [-0.39, 0.29) is 0 Å². The van der Waals surface area contributed by atoms with Crippen LogP contribution in [-0.4, -0.2) is 16.7 Å². The zero-order valence-electron chi connectivity index (χ0n) is 10.8. The van der Waals surface area contributed by atoms with Crippen LogP contribution in [-0.2, 0) is 0 Å². The van der Waals surface area contributed by atoms with E-state index in [1.165, 1.54) is 19.3 Å². The molecule has 2 unspecified atom stereocenters. The third-order valence-corrected chi connectivity index (χ3v) is 4.19. The Morgan fingerprint density at radius 3 is 2.65 bits per heavy atom. The Hall–Kier alpha value is -0.830. The maximum atomic E-state index is 5.93. The van der Waals surface area contributed by atoms with Crippen molar-refractivity contribution in [3.63, 3.8) is 0 Å². The first kappa shape index (κ1) is 12.6. The molecule has 1 heterocycles. The number of halogens is 1. The Kier molecular flexibility index (Phi) is 3.87. The highest BCUT2D eigenvalue weighted by molar-refractivity contribution is 6.30. The lowest BCUT2D eigenvalue weighted by molar-refractivity contribution is 0.536. The van der Waals surface area contributed by atoms with Gasteiger partial charge >= 0.3 is 0 Å². The molecule has 1 aliphatic carbocycles. The van der Waals surface area contributed by atoms with Crippen LogP contribution in [0.5, 0.6) is 0 Å². The highest BCUT2D eigenvalue weighted by Crippen LogP contribution is 2.30. The molecule has 1 aromatic rings. The van der Waals surface area contributed by atoms with Crippen LogP contribution < -0.4 is 5.32 Å². The SMILES string of the molecule is Cc1c(Cl)nnc(NCC2CCC(C)C2)c1C. The van der Waals surface area contributed by atoms with Crippen molar-refractivity contribution in [3.05, 3.63) is 16.3 Å². The summed E-state index contributed by atoms with van der Waals surface area (Å²) in [5, 5.41) is 12.0. The third-order valence-electron chi connectivity index (χ3n) is 3.83. The van der Waals surface area contributed by atoms with Gasteiger partial charge in [0.25, 0.3) is 0 Å². The van der Waals surface area contributed by atoms with E-state index in [1.807, 2.05) is 13.8 Å². The van der Waals surface area contributed by atoms with Crippen LogP contribution in [0, 0.1) is 25.7 Å². The Bertz CT molecular complexity index is 406. The summed E-state index contributed by atoms with van der Waals surface area (Å²) in [7, 11) is 0. The molecular formula is C13H20ClN3. The van der Waals surface area contributed by atoms with Crippen molar-refractivity contribution in [3.8, 4) is 0 Å². The number of aromatic nitrogens is 2. The minimum Gasteiger partial charge on any atom is -0.368 e. The Balaban J connectivity index is 1.97. The highest BCUT2D eigenvalue weighted by Gasteiger charge is 2.21. The smallest absolute Gasteiger partial charge is 0.155 e. The topological polar surface area (TPSA) is 37.8 Å². The fourth-order valence-corrected chi connectivity index (χ4v) is 2.68. The molecule has 0 radical (unpaired) electrons. The zero-order valence-corrected chi connectivity index (χ0v) is 11.5. The van der Waals surface area contributed by atoms with Gasteiger partial charge in [-0.3, -0.25) is 0 Å². The number of hydrogen-bond donors (Lipinski definition) is 1. The van der Waals surface area contributed by atoms with Gasteiger partial charge in [0.15, 0.2) is 11.0 Å². The second kappa shape index (κ2) is 5.21. The molecule has 3 nitrogen and oxygen atoms in total. The molecule has 0 bridgehead atoms. The monoisotopic (exact) mass is 253 g/mol. The van der Waals surface area contributed by atoms with Gasteiger partial charge in [-0.25, -0.2) is 0 Å². The van der Waals surface area contributed by atoms with Gasteiger partial charge in [0.1, 0.15) is 0 Å². The lowest BCUT2D eigenvalue weighted by atomic mass is 10.1. The minimum atomic E-state index is 0.502. The fraction of sp³-hybridized carbons (Fsp3) is 0.692. The average molecular weight is 254 g/mol. The summed E-state index contributed by atoms with van der Waals surface area (Å²) in [5.74, 6) is 2.54. The van der Waals surface area contributed by atoms with Crippen LogP contribution in [0.1, 0.15) is 37.3 Å². The zero-order chi connectivity index (χ0) is 12.4. The molecule has 1 aliphatic rings. The van der Waals surface area contributed by atoms with Crippen LogP contribution in [0.25, 0.3) is 0 Å². The predicted molar refractivity (Wildman–Crippen MR) is 71.5 cm³/mol. The molecule has 2 rings (SSSR count). The van der Waals surface area contributed by atoms with Gasteiger partial charge in [-0.2, -0.15) is 0 Å². The first-order valence-electron chi connectivity index (χ1n) is 6.31. The van der Waals surface area contributed by atoms with Gasteiger partial charge < -0.3 is 5.32 Å². The molecule has 4 heteroatoms. The van der Waals surface area contributed by atoms with E-state index in [2.05, 4.69) is 22.4 Å². The summed E-state index contributed by atoms with van der Waals surface area (Å²) in [4.78, 5) is 0. The highest BCUT2D eigenvalue weighted by atomic mass is 35.5. The molecule has 94 valence electrons. The average Bonchev–Trinajstić information content (AvgIpc) is 2.71. The molecular weight excluding hydrogens is 234 g/mol. The molecule has 0 aliphatic heterocycles. The van der Waals surface area contributed by atoms with Crippen molar-refractivity contribution in [1.82, 2.24) is 10.2 Å². The van der Waals surface area contributed by atoms with Crippen LogP contribution in [0.4, 0.5) is 5.82 Å². The van der Waals surface area contributed by atoms with Gasteiger partial charge in [-0.05, 0) is 49.7 Å². The van der Waals surface area contributed by atoms with E-state index in [0.29, 0.717) is 5.15 Å². The quantitative estimate of drug-likeness (QED) is 0.895. The van der Waals surface area contributed by atoms with Gasteiger partial charge in [-0.1, -0.05) is 24.9 Å². The van der Waals surface area contributed by atoms with Crippen LogP contribution in [0.2, 0.25) is 5.15 Å². The molecule has 0 saturated heterocycles.